The zero-order chi connectivity index (χ0) is 14.6. The summed E-state index contributed by atoms with van der Waals surface area (Å²) in [6, 6.07) is 3.01. The van der Waals surface area contributed by atoms with Crippen LogP contribution in [-0.4, -0.2) is 25.7 Å². The molecule has 0 aliphatic rings. The Labute approximate surface area is 111 Å². The number of primary sulfonamides is 1. The van der Waals surface area contributed by atoms with Gasteiger partial charge in [0.15, 0.2) is 0 Å². The van der Waals surface area contributed by atoms with E-state index < -0.39 is 14.9 Å². The summed E-state index contributed by atoms with van der Waals surface area (Å²) in [6.45, 7) is 3.50. The van der Waals surface area contributed by atoms with Gasteiger partial charge in [0.2, 0.25) is 10.0 Å². The van der Waals surface area contributed by atoms with Crippen molar-refractivity contribution in [3.63, 3.8) is 0 Å². The number of sulfonamides is 1. The number of ether oxygens (including phenoxy) is 1. The van der Waals surface area contributed by atoms with Crippen LogP contribution in [-0.2, 0) is 10.0 Å². The maximum Gasteiger partial charge on any atom is 0.272 e. The first-order valence-electron chi connectivity index (χ1n) is 5.59. The van der Waals surface area contributed by atoms with Crippen molar-refractivity contribution >= 4 is 15.7 Å². The average molecular weight is 288 g/mol. The van der Waals surface area contributed by atoms with Gasteiger partial charge in [-0.15, -0.1) is 0 Å². The quantitative estimate of drug-likeness (QED) is 0.481. The van der Waals surface area contributed by atoms with E-state index in [1.54, 1.807) is 19.9 Å². The van der Waals surface area contributed by atoms with Crippen LogP contribution in [0.25, 0.3) is 0 Å². The molecule has 0 saturated heterocycles. The Morgan fingerprint density at radius 3 is 2.47 bits per heavy atom. The first-order chi connectivity index (χ1) is 8.70. The molecule has 0 radical (unpaired) electrons. The molecule has 0 aliphatic heterocycles. The monoisotopic (exact) mass is 288 g/mol. The zero-order valence-electron chi connectivity index (χ0n) is 10.8. The Bertz CT molecular complexity index is 583. The van der Waals surface area contributed by atoms with Crippen LogP contribution in [0.2, 0.25) is 0 Å². The summed E-state index contributed by atoms with van der Waals surface area (Å²) < 4.78 is 26.9. The van der Waals surface area contributed by atoms with Crippen LogP contribution in [0.3, 0.4) is 0 Å². The minimum Gasteiger partial charge on any atom is -0.493 e. The smallest absolute Gasteiger partial charge is 0.272 e. The lowest BCUT2D eigenvalue weighted by atomic mass is 10.1. The molecule has 106 valence electrons. The predicted molar refractivity (Wildman–Crippen MR) is 70.7 cm³/mol. The molecule has 8 heteroatoms. The van der Waals surface area contributed by atoms with Crippen LogP contribution in [0.15, 0.2) is 12.1 Å². The second kappa shape index (κ2) is 5.98. The van der Waals surface area contributed by atoms with Gasteiger partial charge in [-0.25, -0.2) is 13.6 Å². The molecule has 19 heavy (non-hydrogen) atoms. The van der Waals surface area contributed by atoms with E-state index in [0.717, 1.165) is 0 Å². The normalized spacial score (nSPS) is 11.3. The standard InChI is InChI=1S/C11H16N2O5S/c1-8-7-11(9(2)6-10(8)13(14)15)18-4-3-5-19(12,16)17/h6-7H,3-5H2,1-2H3,(H2,12,16,17). The highest BCUT2D eigenvalue weighted by Crippen LogP contribution is 2.27. The van der Waals surface area contributed by atoms with Crippen molar-refractivity contribution in [2.24, 2.45) is 5.14 Å². The first-order valence-corrected chi connectivity index (χ1v) is 7.31. The van der Waals surface area contributed by atoms with Gasteiger partial charge in [-0.2, -0.15) is 0 Å². The summed E-state index contributed by atoms with van der Waals surface area (Å²) in [4.78, 5) is 10.3. The van der Waals surface area contributed by atoms with Gasteiger partial charge in [0, 0.05) is 11.6 Å². The lowest BCUT2D eigenvalue weighted by Gasteiger charge is -2.10. The third kappa shape index (κ3) is 4.84. The summed E-state index contributed by atoms with van der Waals surface area (Å²) in [5.74, 6) is 0.357. The third-order valence-corrected chi connectivity index (χ3v) is 3.38. The van der Waals surface area contributed by atoms with Gasteiger partial charge in [-0.1, -0.05) is 0 Å². The van der Waals surface area contributed by atoms with Gasteiger partial charge in [0.05, 0.1) is 17.3 Å². The molecular formula is C11H16N2O5S. The number of aryl methyl sites for hydroxylation is 2. The summed E-state index contributed by atoms with van der Waals surface area (Å²) in [6.07, 6.45) is 0.272. The van der Waals surface area contributed by atoms with Gasteiger partial charge in [-0.05, 0) is 31.9 Å². The van der Waals surface area contributed by atoms with Gasteiger partial charge in [-0.3, -0.25) is 10.1 Å². The van der Waals surface area contributed by atoms with Crippen molar-refractivity contribution in [2.45, 2.75) is 20.3 Å². The van der Waals surface area contributed by atoms with Crippen molar-refractivity contribution in [3.05, 3.63) is 33.4 Å². The second-order valence-electron chi connectivity index (χ2n) is 4.23. The molecule has 0 atom stereocenters. The number of nitro groups is 1. The molecule has 1 aromatic carbocycles. The number of hydrogen-bond donors (Lipinski definition) is 1. The molecule has 2 N–H and O–H groups in total. The SMILES string of the molecule is Cc1cc([N+](=O)[O-])c(C)cc1OCCCS(N)(=O)=O. The molecule has 0 unspecified atom stereocenters. The van der Waals surface area contributed by atoms with Crippen LogP contribution in [0, 0.1) is 24.0 Å². The van der Waals surface area contributed by atoms with E-state index in [1.165, 1.54) is 6.07 Å². The van der Waals surface area contributed by atoms with E-state index in [4.69, 9.17) is 9.88 Å². The highest BCUT2D eigenvalue weighted by atomic mass is 32.2. The Morgan fingerprint density at radius 1 is 1.32 bits per heavy atom. The summed E-state index contributed by atoms with van der Waals surface area (Å²) in [7, 11) is -3.48. The maximum atomic E-state index is 10.7. The zero-order valence-corrected chi connectivity index (χ0v) is 11.6. The van der Waals surface area contributed by atoms with E-state index >= 15 is 0 Å². The molecule has 0 spiro atoms. The van der Waals surface area contributed by atoms with Gasteiger partial charge in [0.1, 0.15) is 5.75 Å². The Morgan fingerprint density at radius 2 is 1.95 bits per heavy atom. The Hall–Kier alpha value is -1.67. The summed E-state index contributed by atoms with van der Waals surface area (Å²) >= 11 is 0. The minimum absolute atomic E-state index is 0.0365. The lowest BCUT2D eigenvalue weighted by Crippen LogP contribution is -2.18. The molecule has 0 aromatic heterocycles. The molecule has 0 amide bonds. The van der Waals surface area contributed by atoms with Crippen LogP contribution in [0.4, 0.5) is 5.69 Å². The molecule has 0 aliphatic carbocycles. The molecular weight excluding hydrogens is 272 g/mol. The lowest BCUT2D eigenvalue weighted by molar-refractivity contribution is -0.385. The third-order valence-electron chi connectivity index (χ3n) is 2.52. The summed E-state index contributed by atoms with van der Waals surface area (Å²) in [5, 5.41) is 15.6. The van der Waals surface area contributed by atoms with Gasteiger partial charge < -0.3 is 4.74 Å². The molecule has 0 heterocycles. The molecule has 7 nitrogen and oxygen atoms in total. The molecule has 0 bridgehead atoms. The topological polar surface area (TPSA) is 113 Å². The van der Waals surface area contributed by atoms with E-state index in [9.17, 15) is 18.5 Å². The maximum absolute atomic E-state index is 10.7. The van der Waals surface area contributed by atoms with E-state index in [1.807, 2.05) is 0 Å². The number of nitrogens with zero attached hydrogens (tertiary/aromatic N) is 1. The number of nitro benzene ring substituents is 1. The van der Waals surface area contributed by atoms with Crippen LogP contribution < -0.4 is 9.88 Å². The van der Waals surface area contributed by atoms with Crippen LogP contribution in [0.5, 0.6) is 5.75 Å². The number of benzene rings is 1. The number of rotatable bonds is 6. The first kappa shape index (κ1) is 15.4. The van der Waals surface area contributed by atoms with Crippen molar-refractivity contribution in [2.75, 3.05) is 12.4 Å². The fraction of sp³-hybridized carbons (Fsp3) is 0.455. The number of hydrogen-bond acceptors (Lipinski definition) is 5. The van der Waals surface area contributed by atoms with Gasteiger partial charge >= 0.3 is 0 Å². The van der Waals surface area contributed by atoms with E-state index in [-0.39, 0.29) is 24.5 Å². The second-order valence-corrected chi connectivity index (χ2v) is 5.96. The van der Waals surface area contributed by atoms with Crippen molar-refractivity contribution in [1.82, 2.24) is 0 Å². The van der Waals surface area contributed by atoms with Crippen LogP contribution in [0.1, 0.15) is 17.5 Å². The van der Waals surface area contributed by atoms with Gasteiger partial charge in [0.25, 0.3) is 5.69 Å². The predicted octanol–water partition coefficient (Wildman–Crippen LogP) is 1.27. The minimum atomic E-state index is -3.48. The Balaban J connectivity index is 2.70. The average Bonchev–Trinajstić information content (AvgIpc) is 2.26. The molecule has 0 saturated carbocycles. The van der Waals surface area contributed by atoms with Crippen molar-refractivity contribution in [1.29, 1.82) is 0 Å². The fourth-order valence-corrected chi connectivity index (χ4v) is 2.09. The molecule has 1 aromatic rings. The van der Waals surface area contributed by atoms with Crippen molar-refractivity contribution in [3.8, 4) is 5.75 Å². The highest BCUT2D eigenvalue weighted by Gasteiger charge is 2.14. The summed E-state index contributed by atoms with van der Waals surface area (Å²) in [5.41, 5.74) is 1.17. The molecule has 0 fully saturated rings. The fourth-order valence-electron chi connectivity index (χ4n) is 1.57. The Kier molecular flexibility index (Phi) is 4.84. The molecule has 1 rings (SSSR count). The number of nitrogens with two attached hydrogens (primary N) is 1. The van der Waals surface area contributed by atoms with Crippen molar-refractivity contribution < 1.29 is 18.1 Å². The van der Waals surface area contributed by atoms with Crippen LogP contribution >= 0.6 is 0 Å². The van der Waals surface area contributed by atoms with E-state index in [2.05, 4.69) is 0 Å². The highest BCUT2D eigenvalue weighted by molar-refractivity contribution is 7.89. The van der Waals surface area contributed by atoms with E-state index in [0.29, 0.717) is 16.9 Å². The largest absolute Gasteiger partial charge is 0.493 e.